The van der Waals surface area contributed by atoms with Gasteiger partial charge in [0.1, 0.15) is 44.2 Å². The lowest BCUT2D eigenvalue weighted by atomic mass is 10.1. The van der Waals surface area contributed by atoms with Gasteiger partial charge in [0.15, 0.2) is 0 Å². The summed E-state index contributed by atoms with van der Waals surface area (Å²) in [5.74, 6) is 2.51. The van der Waals surface area contributed by atoms with Crippen molar-refractivity contribution < 1.29 is 23.8 Å². The molecule has 2 rings (SSSR count). The molecule has 2 aromatic carbocycles. The molecule has 2 aromatic rings. The van der Waals surface area contributed by atoms with E-state index < -0.39 is 0 Å². The minimum absolute atomic E-state index is 0.364. The molecule has 0 amide bonds. The Morgan fingerprint density at radius 3 is 2.23 bits per heavy atom. The summed E-state index contributed by atoms with van der Waals surface area (Å²) in [5.41, 5.74) is 3.18. The molecule has 30 heavy (non-hydrogen) atoms. The van der Waals surface area contributed by atoms with Gasteiger partial charge in [-0.05, 0) is 61.7 Å². The van der Waals surface area contributed by atoms with Gasteiger partial charge < -0.3 is 23.8 Å². The van der Waals surface area contributed by atoms with Crippen LogP contribution in [0.3, 0.4) is 0 Å². The molecule has 0 aliphatic heterocycles. The van der Waals surface area contributed by atoms with Crippen LogP contribution in [0.5, 0.6) is 17.2 Å². The van der Waals surface area contributed by atoms with Crippen molar-refractivity contribution >= 4 is 6.21 Å². The maximum absolute atomic E-state index is 5.93. The van der Waals surface area contributed by atoms with Crippen LogP contribution >= 0.6 is 0 Å². The monoisotopic (exact) mass is 413 g/mol. The SMILES string of the molecule is C/C=C/COc1cc(C)c(OCCOCc2ccc(OCC=NOC)cc2)c(C)c1. The van der Waals surface area contributed by atoms with Crippen molar-refractivity contribution in [1.82, 2.24) is 0 Å². The second-order valence-corrected chi connectivity index (χ2v) is 6.59. The highest BCUT2D eigenvalue weighted by molar-refractivity contribution is 5.58. The molecule has 0 heterocycles. The number of benzene rings is 2. The van der Waals surface area contributed by atoms with Crippen molar-refractivity contribution in [1.29, 1.82) is 0 Å². The van der Waals surface area contributed by atoms with Crippen LogP contribution < -0.4 is 14.2 Å². The second-order valence-electron chi connectivity index (χ2n) is 6.59. The summed E-state index contributed by atoms with van der Waals surface area (Å²) in [7, 11) is 1.50. The molecule has 0 unspecified atom stereocenters. The fourth-order valence-electron chi connectivity index (χ4n) is 2.78. The zero-order valence-electron chi connectivity index (χ0n) is 18.2. The van der Waals surface area contributed by atoms with Crippen molar-refractivity contribution in [3.63, 3.8) is 0 Å². The fourth-order valence-corrected chi connectivity index (χ4v) is 2.78. The molecule has 0 spiro atoms. The number of hydrogen-bond donors (Lipinski definition) is 0. The Morgan fingerprint density at radius 1 is 0.867 bits per heavy atom. The van der Waals surface area contributed by atoms with Crippen molar-refractivity contribution in [3.8, 4) is 17.2 Å². The molecule has 162 valence electrons. The third-order valence-electron chi connectivity index (χ3n) is 4.19. The Balaban J connectivity index is 1.71. The third kappa shape index (κ3) is 8.17. The van der Waals surface area contributed by atoms with Crippen LogP contribution in [0.25, 0.3) is 0 Å². The number of ether oxygens (including phenoxy) is 4. The molecule has 6 nitrogen and oxygen atoms in total. The molecule has 6 heteroatoms. The van der Waals surface area contributed by atoms with E-state index in [1.165, 1.54) is 7.11 Å². The first-order valence-corrected chi connectivity index (χ1v) is 9.96. The predicted molar refractivity (Wildman–Crippen MR) is 119 cm³/mol. The highest BCUT2D eigenvalue weighted by Gasteiger charge is 2.07. The maximum Gasteiger partial charge on any atom is 0.127 e. The molecule has 0 N–H and O–H groups in total. The normalized spacial score (nSPS) is 11.2. The molecule has 0 atom stereocenters. The molecule has 0 saturated carbocycles. The summed E-state index contributed by atoms with van der Waals surface area (Å²) in [4.78, 5) is 4.58. The number of nitrogens with zero attached hydrogens (tertiary/aromatic N) is 1. The first kappa shape index (κ1) is 23.3. The lowest BCUT2D eigenvalue weighted by molar-refractivity contribution is 0.0884. The number of hydrogen-bond acceptors (Lipinski definition) is 6. The van der Waals surface area contributed by atoms with Crippen molar-refractivity contribution in [2.45, 2.75) is 27.4 Å². The van der Waals surface area contributed by atoms with E-state index in [4.69, 9.17) is 18.9 Å². The van der Waals surface area contributed by atoms with E-state index in [0.717, 1.165) is 33.9 Å². The van der Waals surface area contributed by atoms with Crippen LogP contribution in [0.15, 0.2) is 53.7 Å². The predicted octanol–water partition coefficient (Wildman–Crippen LogP) is 4.86. The summed E-state index contributed by atoms with van der Waals surface area (Å²) < 4.78 is 22.9. The van der Waals surface area contributed by atoms with Gasteiger partial charge in [0.05, 0.1) is 19.4 Å². The van der Waals surface area contributed by atoms with Gasteiger partial charge >= 0.3 is 0 Å². The summed E-state index contributed by atoms with van der Waals surface area (Å²) in [6, 6.07) is 11.8. The van der Waals surface area contributed by atoms with E-state index >= 15 is 0 Å². The van der Waals surface area contributed by atoms with E-state index in [1.807, 2.05) is 69.3 Å². The maximum atomic E-state index is 5.93. The second kappa shape index (κ2) is 13.3. The zero-order chi connectivity index (χ0) is 21.6. The molecule has 0 bridgehead atoms. The smallest absolute Gasteiger partial charge is 0.127 e. The van der Waals surface area contributed by atoms with E-state index in [-0.39, 0.29) is 0 Å². The Labute approximate surface area is 179 Å². The van der Waals surface area contributed by atoms with Crippen LogP contribution in [-0.2, 0) is 16.2 Å². The molecule has 0 fully saturated rings. The summed E-state index contributed by atoms with van der Waals surface area (Å²) in [6.45, 7) is 8.47. The van der Waals surface area contributed by atoms with Crippen LogP contribution in [0.1, 0.15) is 23.6 Å². The zero-order valence-corrected chi connectivity index (χ0v) is 18.2. The largest absolute Gasteiger partial charge is 0.491 e. The highest BCUT2D eigenvalue weighted by atomic mass is 16.6. The highest BCUT2D eigenvalue weighted by Crippen LogP contribution is 2.28. The van der Waals surface area contributed by atoms with Crippen molar-refractivity contribution in [2.24, 2.45) is 5.16 Å². The van der Waals surface area contributed by atoms with Crippen LogP contribution in [0, 0.1) is 13.8 Å². The molecule has 0 aliphatic rings. The minimum atomic E-state index is 0.364. The van der Waals surface area contributed by atoms with E-state index in [1.54, 1.807) is 6.21 Å². The van der Waals surface area contributed by atoms with Gasteiger partial charge in [-0.1, -0.05) is 29.4 Å². The van der Waals surface area contributed by atoms with Gasteiger partial charge in [-0.25, -0.2) is 0 Å². The first-order chi connectivity index (χ1) is 14.6. The minimum Gasteiger partial charge on any atom is -0.491 e. The lowest BCUT2D eigenvalue weighted by Gasteiger charge is -2.14. The van der Waals surface area contributed by atoms with Gasteiger partial charge in [0.2, 0.25) is 0 Å². The average molecular weight is 414 g/mol. The Kier molecular flexibility index (Phi) is 10.3. The Bertz CT molecular complexity index is 792. The van der Waals surface area contributed by atoms with Crippen LogP contribution in [0.4, 0.5) is 0 Å². The summed E-state index contributed by atoms with van der Waals surface area (Å²) >= 11 is 0. The fraction of sp³-hybridized carbons (Fsp3) is 0.375. The first-order valence-electron chi connectivity index (χ1n) is 9.96. The van der Waals surface area contributed by atoms with Crippen molar-refractivity contribution in [2.75, 3.05) is 33.5 Å². The van der Waals surface area contributed by atoms with E-state index in [0.29, 0.717) is 33.0 Å². The topological polar surface area (TPSA) is 58.5 Å². The molecule has 0 radical (unpaired) electrons. The summed E-state index contributed by atoms with van der Waals surface area (Å²) in [6.07, 6.45) is 5.51. The number of allylic oxidation sites excluding steroid dienone is 1. The number of oxime groups is 1. The molecule has 0 aromatic heterocycles. The van der Waals surface area contributed by atoms with Crippen LogP contribution in [-0.4, -0.2) is 39.8 Å². The summed E-state index contributed by atoms with van der Waals surface area (Å²) in [5, 5.41) is 3.62. The molecule has 0 aliphatic carbocycles. The van der Waals surface area contributed by atoms with Gasteiger partial charge in [-0.15, -0.1) is 0 Å². The van der Waals surface area contributed by atoms with Gasteiger partial charge in [0, 0.05) is 0 Å². The molecule has 0 saturated heterocycles. The number of rotatable bonds is 13. The molecular weight excluding hydrogens is 382 g/mol. The number of aryl methyl sites for hydroxylation is 2. The Hall–Kier alpha value is -2.99. The lowest BCUT2D eigenvalue weighted by Crippen LogP contribution is -2.08. The van der Waals surface area contributed by atoms with Gasteiger partial charge in [-0.2, -0.15) is 0 Å². The Morgan fingerprint density at radius 2 is 1.57 bits per heavy atom. The quantitative estimate of drug-likeness (QED) is 0.203. The third-order valence-corrected chi connectivity index (χ3v) is 4.19. The van der Waals surface area contributed by atoms with Crippen LogP contribution in [0.2, 0.25) is 0 Å². The van der Waals surface area contributed by atoms with Gasteiger partial charge in [0.25, 0.3) is 0 Å². The van der Waals surface area contributed by atoms with Crippen molar-refractivity contribution in [3.05, 3.63) is 65.2 Å². The standard InChI is InChI=1S/C24H31NO5/c1-5-6-12-28-23-16-19(2)24(20(3)17-23)30-15-14-27-18-21-7-9-22(10-8-21)29-13-11-25-26-4/h5-11,16-17H,12-15,18H2,1-4H3/b6-5+,25-11?. The van der Waals surface area contributed by atoms with E-state index in [9.17, 15) is 0 Å². The molecular formula is C24H31NO5. The van der Waals surface area contributed by atoms with Gasteiger partial charge in [-0.3, -0.25) is 0 Å². The van der Waals surface area contributed by atoms with E-state index in [2.05, 4.69) is 9.99 Å². The average Bonchev–Trinajstić information content (AvgIpc) is 2.74.